The molecule has 0 bridgehead atoms. The van der Waals surface area contributed by atoms with Crippen molar-refractivity contribution in [1.82, 2.24) is 19.8 Å². The lowest BCUT2D eigenvalue weighted by Crippen LogP contribution is -2.43. The summed E-state index contributed by atoms with van der Waals surface area (Å²) in [5.41, 5.74) is 1.02. The highest BCUT2D eigenvalue weighted by molar-refractivity contribution is 5.82. The summed E-state index contributed by atoms with van der Waals surface area (Å²) in [6.45, 7) is 2.97. The van der Waals surface area contributed by atoms with Gasteiger partial charge in [0.25, 0.3) is 5.56 Å². The van der Waals surface area contributed by atoms with Crippen LogP contribution in [0, 0.1) is 11.8 Å². The van der Waals surface area contributed by atoms with E-state index in [-0.39, 0.29) is 29.0 Å². The Bertz CT molecular complexity index is 953. The van der Waals surface area contributed by atoms with E-state index in [1.807, 2.05) is 12.1 Å². The third-order valence-electron chi connectivity index (χ3n) is 5.70. The Morgan fingerprint density at radius 2 is 2.04 bits per heavy atom. The molecule has 2 aliphatic heterocycles. The molecule has 1 aromatic carbocycles. The zero-order valence-electron chi connectivity index (χ0n) is 15.0. The maximum absolute atomic E-state index is 12.4. The number of nitrogens with zero attached hydrogens (tertiary/aromatic N) is 2. The molecule has 0 radical (unpaired) electrons. The van der Waals surface area contributed by atoms with Crippen LogP contribution in [0.5, 0.6) is 0 Å². The lowest BCUT2D eigenvalue weighted by atomic mass is 9.92. The fraction of sp³-hybridized carbons (Fsp3) is 0.526. The smallest absolute Gasteiger partial charge is 0.328 e. The number of aromatic amines is 1. The second-order valence-electron chi connectivity index (χ2n) is 7.58. The molecule has 2 aliphatic rings. The van der Waals surface area contributed by atoms with Gasteiger partial charge in [-0.1, -0.05) is 12.1 Å². The van der Waals surface area contributed by atoms with Gasteiger partial charge in [0.2, 0.25) is 5.91 Å². The van der Waals surface area contributed by atoms with Crippen LogP contribution in [0.3, 0.4) is 0 Å². The zero-order chi connectivity index (χ0) is 18.3. The Kier molecular flexibility index (Phi) is 4.40. The van der Waals surface area contributed by atoms with E-state index in [2.05, 4.69) is 22.2 Å². The van der Waals surface area contributed by atoms with E-state index in [0.29, 0.717) is 18.5 Å². The molecule has 7 heteroatoms. The fourth-order valence-corrected chi connectivity index (χ4v) is 4.20. The van der Waals surface area contributed by atoms with E-state index >= 15 is 0 Å². The number of hydrogen-bond donors (Lipinski definition) is 2. The second-order valence-corrected chi connectivity index (χ2v) is 7.58. The maximum Gasteiger partial charge on any atom is 0.328 e. The molecule has 1 saturated heterocycles. The van der Waals surface area contributed by atoms with Crippen molar-refractivity contribution in [2.45, 2.75) is 25.8 Å². The molecule has 1 atom stereocenters. The minimum atomic E-state index is -0.374. The highest BCUT2D eigenvalue weighted by Crippen LogP contribution is 2.24. The van der Waals surface area contributed by atoms with E-state index < -0.39 is 0 Å². The van der Waals surface area contributed by atoms with Gasteiger partial charge in [-0.05, 0) is 56.9 Å². The van der Waals surface area contributed by atoms with Gasteiger partial charge in [-0.25, -0.2) is 4.79 Å². The largest absolute Gasteiger partial charge is 0.356 e. The highest BCUT2D eigenvalue weighted by atomic mass is 16.2. The van der Waals surface area contributed by atoms with Gasteiger partial charge in [-0.2, -0.15) is 0 Å². The summed E-state index contributed by atoms with van der Waals surface area (Å²) in [5.74, 6) is 0.354. The molecule has 1 amide bonds. The Morgan fingerprint density at radius 1 is 1.27 bits per heavy atom. The number of amides is 1. The normalized spacial score (nSPS) is 21.0. The minimum absolute atomic E-state index is 0.0876. The number of benzene rings is 1. The second kappa shape index (κ2) is 6.72. The molecule has 4 rings (SSSR count). The van der Waals surface area contributed by atoms with Crippen LogP contribution in [0.4, 0.5) is 0 Å². The molecule has 1 fully saturated rings. The van der Waals surface area contributed by atoms with Crippen molar-refractivity contribution in [3.63, 3.8) is 0 Å². The number of hydrogen-bond acceptors (Lipinski definition) is 4. The average Bonchev–Trinajstić information content (AvgIpc) is 2.64. The van der Waals surface area contributed by atoms with Crippen molar-refractivity contribution in [3.05, 3.63) is 44.6 Å². The van der Waals surface area contributed by atoms with Gasteiger partial charge in [-0.3, -0.25) is 19.1 Å². The van der Waals surface area contributed by atoms with Gasteiger partial charge in [0.1, 0.15) is 0 Å². The summed E-state index contributed by atoms with van der Waals surface area (Å²) < 4.78 is 1.64. The quantitative estimate of drug-likeness (QED) is 0.829. The Labute approximate surface area is 151 Å². The Morgan fingerprint density at radius 3 is 2.81 bits per heavy atom. The molecule has 0 aliphatic carbocycles. The van der Waals surface area contributed by atoms with E-state index in [4.69, 9.17) is 0 Å². The first-order valence-electron chi connectivity index (χ1n) is 9.24. The molecule has 2 aromatic rings. The van der Waals surface area contributed by atoms with Crippen molar-refractivity contribution in [1.29, 1.82) is 0 Å². The molecule has 0 spiro atoms. The number of carbonyl (C=O) groups excluding carboxylic acids is 1. The van der Waals surface area contributed by atoms with E-state index in [0.717, 1.165) is 43.4 Å². The lowest BCUT2D eigenvalue weighted by Gasteiger charge is -2.30. The predicted molar refractivity (Wildman–Crippen MR) is 99.3 cm³/mol. The maximum atomic E-state index is 12.4. The first kappa shape index (κ1) is 17.0. The van der Waals surface area contributed by atoms with Crippen LogP contribution in [0.25, 0.3) is 10.9 Å². The van der Waals surface area contributed by atoms with Crippen LogP contribution in [-0.4, -0.2) is 47.0 Å². The van der Waals surface area contributed by atoms with Crippen molar-refractivity contribution in [2.75, 3.05) is 26.7 Å². The first-order chi connectivity index (χ1) is 12.5. The molecule has 1 aromatic heterocycles. The van der Waals surface area contributed by atoms with Crippen LogP contribution < -0.4 is 16.6 Å². The van der Waals surface area contributed by atoms with Crippen molar-refractivity contribution < 1.29 is 4.79 Å². The summed E-state index contributed by atoms with van der Waals surface area (Å²) in [7, 11) is 2.08. The molecular formula is C19H24N4O3. The molecule has 138 valence electrons. The van der Waals surface area contributed by atoms with Crippen LogP contribution in [-0.2, 0) is 17.8 Å². The molecule has 1 unspecified atom stereocenters. The summed E-state index contributed by atoms with van der Waals surface area (Å²) in [5, 5.41) is 3.64. The van der Waals surface area contributed by atoms with Gasteiger partial charge in [0.05, 0.1) is 10.9 Å². The number of piperidine rings is 1. The van der Waals surface area contributed by atoms with Gasteiger partial charge >= 0.3 is 5.69 Å². The average molecular weight is 356 g/mol. The highest BCUT2D eigenvalue weighted by Gasteiger charge is 2.26. The van der Waals surface area contributed by atoms with E-state index in [1.165, 1.54) is 0 Å². The number of nitrogens with one attached hydrogen (secondary N) is 2. The van der Waals surface area contributed by atoms with E-state index in [9.17, 15) is 14.4 Å². The SMILES string of the molecule is CN1CCC(C(=O)NCC2Cc3cccc4c(=O)[nH]c(=O)n(c34)C2)CC1. The number of likely N-dealkylation sites (tertiary alicyclic amines) is 1. The van der Waals surface area contributed by atoms with Gasteiger partial charge < -0.3 is 10.2 Å². The topological polar surface area (TPSA) is 87.2 Å². The van der Waals surface area contributed by atoms with E-state index in [1.54, 1.807) is 10.6 Å². The first-order valence-corrected chi connectivity index (χ1v) is 9.24. The Hall–Kier alpha value is -2.41. The number of H-pyrrole nitrogens is 1. The van der Waals surface area contributed by atoms with Crippen LogP contribution in [0.2, 0.25) is 0 Å². The van der Waals surface area contributed by atoms with Crippen LogP contribution >= 0.6 is 0 Å². The number of aromatic nitrogens is 2. The summed E-state index contributed by atoms with van der Waals surface area (Å²) >= 11 is 0. The Balaban J connectivity index is 1.48. The van der Waals surface area contributed by atoms with Gasteiger partial charge in [0.15, 0.2) is 0 Å². The molecule has 2 N–H and O–H groups in total. The van der Waals surface area contributed by atoms with Crippen molar-refractivity contribution in [3.8, 4) is 0 Å². The predicted octanol–water partition coefficient (Wildman–Crippen LogP) is 0.320. The monoisotopic (exact) mass is 356 g/mol. The standard InChI is InChI=1S/C19H24N4O3/c1-22-7-5-13(6-8-22)17(24)20-10-12-9-14-3-2-4-15-16(14)23(11-12)19(26)21-18(15)25/h2-4,12-13H,5-11H2,1H3,(H,20,24)(H,21,25,26). The molecule has 7 nitrogen and oxygen atoms in total. The third-order valence-corrected chi connectivity index (χ3v) is 5.70. The minimum Gasteiger partial charge on any atom is -0.356 e. The molecular weight excluding hydrogens is 332 g/mol. The molecule has 0 saturated carbocycles. The van der Waals surface area contributed by atoms with Crippen LogP contribution in [0.15, 0.2) is 27.8 Å². The van der Waals surface area contributed by atoms with Gasteiger partial charge in [-0.15, -0.1) is 0 Å². The van der Waals surface area contributed by atoms with Crippen LogP contribution in [0.1, 0.15) is 18.4 Å². The van der Waals surface area contributed by atoms with Crippen molar-refractivity contribution >= 4 is 16.8 Å². The van der Waals surface area contributed by atoms with Gasteiger partial charge in [0, 0.05) is 19.0 Å². The van der Waals surface area contributed by atoms with Crippen molar-refractivity contribution in [2.24, 2.45) is 11.8 Å². The zero-order valence-corrected chi connectivity index (χ0v) is 15.0. The molecule has 3 heterocycles. The summed E-state index contributed by atoms with van der Waals surface area (Å²) in [6, 6.07) is 5.56. The number of para-hydroxylation sites is 1. The summed E-state index contributed by atoms with van der Waals surface area (Å²) in [6.07, 6.45) is 2.56. The third kappa shape index (κ3) is 3.07. The number of carbonyl (C=O) groups is 1. The fourth-order valence-electron chi connectivity index (χ4n) is 4.20. The summed E-state index contributed by atoms with van der Waals surface area (Å²) in [4.78, 5) is 41.3. The molecule has 26 heavy (non-hydrogen) atoms. The number of rotatable bonds is 3. The lowest BCUT2D eigenvalue weighted by molar-refractivity contribution is -0.126.